The van der Waals surface area contributed by atoms with Crippen molar-refractivity contribution in [3.05, 3.63) is 99.3 Å². The second-order valence-corrected chi connectivity index (χ2v) is 9.43. The lowest BCUT2D eigenvalue weighted by molar-refractivity contribution is -0.138. The molecule has 1 amide bonds. The third-order valence-electron chi connectivity index (χ3n) is 5.44. The standard InChI is InChI=1S/C25H17ClF3N5OS/c26-19-5-4-17(20(10-19)25(27,28)29)14-34-21-6-3-15(8-18(21)13-32-34)9-22-23(35)33-24(36-22)31-12-16-2-1-7-30-11-16/h1-11,13H,12,14H2,(H,31,33,35)/b22-9-. The smallest absolute Gasteiger partial charge is 0.301 e. The molecule has 0 spiro atoms. The summed E-state index contributed by atoms with van der Waals surface area (Å²) in [6, 6.07) is 12.8. The van der Waals surface area contributed by atoms with Crippen LogP contribution in [-0.2, 0) is 24.1 Å². The van der Waals surface area contributed by atoms with Gasteiger partial charge >= 0.3 is 6.18 Å². The van der Waals surface area contributed by atoms with Crippen molar-refractivity contribution in [2.75, 3.05) is 0 Å². The van der Waals surface area contributed by atoms with E-state index in [0.717, 1.165) is 22.6 Å². The van der Waals surface area contributed by atoms with Gasteiger partial charge in [0.2, 0.25) is 0 Å². The van der Waals surface area contributed by atoms with Crippen molar-refractivity contribution in [2.24, 2.45) is 4.99 Å². The highest BCUT2D eigenvalue weighted by molar-refractivity contribution is 8.18. The topological polar surface area (TPSA) is 72.2 Å². The van der Waals surface area contributed by atoms with Crippen LogP contribution in [-0.4, -0.2) is 25.8 Å². The number of thioether (sulfide) groups is 1. The molecule has 6 nitrogen and oxygen atoms in total. The van der Waals surface area contributed by atoms with E-state index in [2.05, 4.69) is 20.4 Å². The van der Waals surface area contributed by atoms with Crippen LogP contribution in [0.5, 0.6) is 0 Å². The molecule has 0 atom stereocenters. The van der Waals surface area contributed by atoms with Crippen molar-refractivity contribution in [2.45, 2.75) is 19.3 Å². The maximum Gasteiger partial charge on any atom is 0.416 e. The Morgan fingerprint density at radius 2 is 2.00 bits per heavy atom. The number of benzene rings is 2. The summed E-state index contributed by atoms with van der Waals surface area (Å²) in [6.07, 6.45) is 2.20. The van der Waals surface area contributed by atoms with E-state index < -0.39 is 11.7 Å². The van der Waals surface area contributed by atoms with Crippen LogP contribution in [0.25, 0.3) is 17.0 Å². The number of nitrogens with one attached hydrogen (secondary N) is 1. The Bertz CT molecular complexity index is 1520. The first kappa shape index (κ1) is 24.1. The fourth-order valence-electron chi connectivity index (χ4n) is 3.74. The Balaban J connectivity index is 1.35. The number of hydrogen-bond acceptors (Lipinski definition) is 5. The number of carbonyl (C=O) groups is 1. The van der Waals surface area contributed by atoms with E-state index in [1.165, 1.54) is 28.6 Å². The highest BCUT2D eigenvalue weighted by Crippen LogP contribution is 2.34. The second-order valence-electron chi connectivity index (χ2n) is 7.97. The molecule has 0 unspecified atom stereocenters. The molecule has 1 saturated heterocycles. The quantitative estimate of drug-likeness (QED) is 0.327. The normalized spacial score (nSPS) is 16.3. The lowest BCUT2D eigenvalue weighted by Crippen LogP contribution is -2.19. The van der Waals surface area contributed by atoms with Gasteiger partial charge in [-0.15, -0.1) is 0 Å². The summed E-state index contributed by atoms with van der Waals surface area (Å²) in [4.78, 5) is 21.4. The van der Waals surface area contributed by atoms with Gasteiger partial charge < -0.3 is 5.32 Å². The van der Waals surface area contributed by atoms with Crippen LogP contribution < -0.4 is 5.32 Å². The third-order valence-corrected chi connectivity index (χ3v) is 6.62. The van der Waals surface area contributed by atoms with E-state index >= 15 is 0 Å². The average Bonchev–Trinajstić information content (AvgIpc) is 3.41. The largest absolute Gasteiger partial charge is 0.416 e. The van der Waals surface area contributed by atoms with Crippen LogP contribution in [0.2, 0.25) is 5.02 Å². The number of amidine groups is 1. The van der Waals surface area contributed by atoms with Crippen molar-refractivity contribution in [3.8, 4) is 0 Å². The van der Waals surface area contributed by atoms with E-state index in [-0.39, 0.29) is 23.0 Å². The van der Waals surface area contributed by atoms with Crippen molar-refractivity contribution in [3.63, 3.8) is 0 Å². The zero-order chi connectivity index (χ0) is 25.3. The Morgan fingerprint density at radius 3 is 2.78 bits per heavy atom. The SMILES string of the molecule is O=C1NC(=NCc2cccnc2)S/C1=C\c1ccc2c(cnn2Cc2ccc(Cl)cc2C(F)(F)F)c1. The van der Waals surface area contributed by atoms with E-state index in [1.54, 1.807) is 36.8 Å². The number of carbonyl (C=O) groups excluding carboxylic acids is 1. The zero-order valence-corrected chi connectivity index (χ0v) is 20.0. The summed E-state index contributed by atoms with van der Waals surface area (Å²) >= 11 is 7.03. The third kappa shape index (κ3) is 5.29. The van der Waals surface area contributed by atoms with Crippen molar-refractivity contribution < 1.29 is 18.0 Å². The fourth-order valence-corrected chi connectivity index (χ4v) is 4.73. The molecular formula is C25H17ClF3N5OS. The number of rotatable bonds is 5. The Morgan fingerprint density at radius 1 is 1.14 bits per heavy atom. The Hall–Kier alpha value is -3.63. The van der Waals surface area contributed by atoms with Crippen LogP contribution in [0.4, 0.5) is 13.2 Å². The number of fused-ring (bicyclic) bond motifs is 1. The average molecular weight is 528 g/mol. The number of alkyl halides is 3. The molecule has 2 aromatic carbocycles. The van der Waals surface area contributed by atoms with Gasteiger partial charge in [0.25, 0.3) is 5.91 Å². The molecule has 3 heterocycles. The number of amides is 1. The lowest BCUT2D eigenvalue weighted by Gasteiger charge is -2.14. The zero-order valence-electron chi connectivity index (χ0n) is 18.5. The summed E-state index contributed by atoms with van der Waals surface area (Å²) in [6.45, 7) is 0.337. The molecule has 4 aromatic rings. The number of hydrogen-bond donors (Lipinski definition) is 1. The van der Waals surface area contributed by atoms with Gasteiger partial charge in [-0.05, 0) is 64.9 Å². The van der Waals surface area contributed by atoms with Gasteiger partial charge in [0.1, 0.15) is 0 Å². The number of aliphatic imine (C=N–C) groups is 1. The Labute approximate surface area is 212 Å². The molecule has 0 aliphatic carbocycles. The maximum atomic E-state index is 13.5. The van der Waals surface area contributed by atoms with Crippen LogP contribution in [0.1, 0.15) is 22.3 Å². The summed E-state index contributed by atoms with van der Waals surface area (Å²) in [5.74, 6) is -0.247. The van der Waals surface area contributed by atoms with Gasteiger partial charge in [-0.2, -0.15) is 18.3 Å². The monoisotopic (exact) mass is 527 g/mol. The van der Waals surface area contributed by atoms with Crippen LogP contribution in [0.15, 0.2) is 77.0 Å². The second kappa shape index (κ2) is 9.79. The minimum atomic E-state index is -4.53. The molecule has 11 heteroatoms. The highest BCUT2D eigenvalue weighted by atomic mass is 35.5. The van der Waals surface area contributed by atoms with Gasteiger partial charge in [0, 0.05) is 22.8 Å². The summed E-state index contributed by atoms with van der Waals surface area (Å²) in [5.41, 5.74) is 1.64. The summed E-state index contributed by atoms with van der Waals surface area (Å²) < 4.78 is 41.9. The first-order valence-corrected chi connectivity index (χ1v) is 11.9. The summed E-state index contributed by atoms with van der Waals surface area (Å²) in [7, 11) is 0. The number of halogens is 4. The van der Waals surface area contributed by atoms with Gasteiger partial charge in [-0.25, -0.2) is 0 Å². The van der Waals surface area contributed by atoms with Crippen LogP contribution >= 0.6 is 23.4 Å². The molecule has 1 N–H and O–H groups in total. The molecule has 182 valence electrons. The molecule has 5 rings (SSSR count). The molecule has 36 heavy (non-hydrogen) atoms. The first-order chi connectivity index (χ1) is 17.3. The molecule has 0 saturated carbocycles. The number of pyridine rings is 1. The number of aromatic nitrogens is 3. The molecule has 0 bridgehead atoms. The van der Waals surface area contributed by atoms with Gasteiger partial charge in [0.15, 0.2) is 5.17 Å². The number of nitrogens with zero attached hydrogens (tertiary/aromatic N) is 4. The van der Waals surface area contributed by atoms with E-state index in [0.29, 0.717) is 22.1 Å². The van der Waals surface area contributed by atoms with E-state index in [9.17, 15) is 18.0 Å². The predicted octanol–water partition coefficient (Wildman–Crippen LogP) is 5.91. The maximum absolute atomic E-state index is 13.5. The van der Waals surface area contributed by atoms with Gasteiger partial charge in [-0.3, -0.25) is 19.5 Å². The predicted molar refractivity (Wildman–Crippen MR) is 134 cm³/mol. The molecular weight excluding hydrogens is 511 g/mol. The minimum absolute atomic E-state index is 0.0215. The molecule has 0 radical (unpaired) electrons. The van der Waals surface area contributed by atoms with Crippen molar-refractivity contribution >= 4 is 51.4 Å². The highest BCUT2D eigenvalue weighted by Gasteiger charge is 2.33. The molecule has 1 fully saturated rings. The first-order valence-electron chi connectivity index (χ1n) is 10.7. The minimum Gasteiger partial charge on any atom is -0.301 e. The van der Waals surface area contributed by atoms with E-state index in [1.807, 2.05) is 18.2 Å². The summed E-state index contributed by atoms with van der Waals surface area (Å²) in [5, 5.41) is 8.29. The van der Waals surface area contributed by atoms with Crippen molar-refractivity contribution in [1.29, 1.82) is 0 Å². The van der Waals surface area contributed by atoms with E-state index in [4.69, 9.17) is 11.6 Å². The molecule has 1 aliphatic heterocycles. The van der Waals surface area contributed by atoms with Gasteiger partial charge in [0.05, 0.1) is 35.3 Å². The molecule has 2 aromatic heterocycles. The van der Waals surface area contributed by atoms with Gasteiger partial charge in [-0.1, -0.05) is 29.8 Å². The molecule has 1 aliphatic rings. The van der Waals surface area contributed by atoms with Crippen LogP contribution in [0.3, 0.4) is 0 Å². The Kier molecular flexibility index (Phi) is 6.55. The van der Waals surface area contributed by atoms with Crippen molar-refractivity contribution in [1.82, 2.24) is 20.1 Å². The van der Waals surface area contributed by atoms with Crippen LogP contribution in [0, 0.1) is 0 Å². The lowest BCUT2D eigenvalue weighted by atomic mass is 10.1. The fraction of sp³-hybridized carbons (Fsp3) is 0.120.